The number of fused-ring (bicyclic) bond motifs is 1. The zero-order valence-electron chi connectivity index (χ0n) is 18.1. The monoisotopic (exact) mass is 466 g/mol. The smallest absolute Gasteiger partial charge is 0.264 e. The fraction of sp³-hybridized carbons (Fsp3) is 0.208. The molecule has 4 aromatic rings. The Morgan fingerprint density at radius 1 is 1.12 bits per heavy atom. The van der Waals surface area contributed by atoms with E-state index in [1.165, 1.54) is 16.2 Å². The molecule has 2 amide bonds. The van der Waals surface area contributed by atoms with Gasteiger partial charge in [-0.2, -0.15) is 5.10 Å². The average molecular weight is 467 g/mol. The first-order valence-electron chi connectivity index (χ1n) is 10.1. The van der Waals surface area contributed by atoms with Crippen molar-refractivity contribution >= 4 is 50.7 Å². The number of halogens is 1. The molecule has 32 heavy (non-hydrogen) atoms. The number of rotatable bonds is 6. The van der Waals surface area contributed by atoms with Crippen LogP contribution in [0.4, 0.5) is 5.69 Å². The van der Waals surface area contributed by atoms with E-state index in [1.54, 1.807) is 7.05 Å². The summed E-state index contributed by atoms with van der Waals surface area (Å²) in [6.45, 7) is 4.39. The molecule has 0 saturated carbocycles. The van der Waals surface area contributed by atoms with Gasteiger partial charge in [-0.3, -0.25) is 14.3 Å². The number of thiophene rings is 1. The highest BCUT2D eigenvalue weighted by Gasteiger charge is 2.21. The fourth-order valence-electron chi connectivity index (χ4n) is 3.43. The number of hydrogen-bond donors (Lipinski definition) is 1. The minimum atomic E-state index is -0.244. The molecule has 0 bridgehead atoms. The second-order valence-corrected chi connectivity index (χ2v) is 9.18. The fourth-order valence-corrected chi connectivity index (χ4v) is 4.78. The summed E-state index contributed by atoms with van der Waals surface area (Å²) in [5.41, 5.74) is 3.63. The van der Waals surface area contributed by atoms with Crippen molar-refractivity contribution in [2.45, 2.75) is 20.4 Å². The molecule has 0 spiro atoms. The summed E-state index contributed by atoms with van der Waals surface area (Å²) in [7, 11) is 1.63. The third-order valence-electron chi connectivity index (χ3n) is 5.16. The molecular weight excluding hydrogens is 444 g/mol. The molecule has 0 atom stereocenters. The number of benzene rings is 2. The Labute approximate surface area is 195 Å². The van der Waals surface area contributed by atoms with E-state index in [0.717, 1.165) is 27.0 Å². The van der Waals surface area contributed by atoms with Gasteiger partial charge in [0.2, 0.25) is 5.91 Å². The summed E-state index contributed by atoms with van der Waals surface area (Å²) in [4.78, 5) is 28.3. The highest BCUT2D eigenvalue weighted by atomic mass is 35.5. The van der Waals surface area contributed by atoms with Crippen LogP contribution in [0.25, 0.3) is 10.2 Å². The van der Waals surface area contributed by atoms with Crippen molar-refractivity contribution in [2.24, 2.45) is 0 Å². The molecule has 0 fully saturated rings. The van der Waals surface area contributed by atoms with Crippen molar-refractivity contribution < 1.29 is 9.59 Å². The third kappa shape index (κ3) is 4.69. The van der Waals surface area contributed by atoms with E-state index in [4.69, 9.17) is 11.6 Å². The summed E-state index contributed by atoms with van der Waals surface area (Å²) in [6, 6.07) is 17.0. The van der Waals surface area contributed by atoms with Crippen molar-refractivity contribution in [1.29, 1.82) is 0 Å². The Hall–Kier alpha value is -3.16. The second-order valence-electron chi connectivity index (χ2n) is 7.74. The number of aryl methyl sites for hydroxylation is 2. The normalized spacial score (nSPS) is 11.0. The highest BCUT2D eigenvalue weighted by Crippen LogP contribution is 2.30. The molecule has 8 heteroatoms. The number of nitrogens with one attached hydrogen (secondary N) is 1. The number of aromatic nitrogens is 2. The van der Waals surface area contributed by atoms with Crippen molar-refractivity contribution in [1.82, 2.24) is 14.7 Å². The Morgan fingerprint density at radius 3 is 2.56 bits per heavy atom. The van der Waals surface area contributed by atoms with E-state index < -0.39 is 0 Å². The number of likely N-dealkylation sites (N-methyl/N-ethyl adjacent to an activating group) is 1. The van der Waals surface area contributed by atoms with Gasteiger partial charge in [0.15, 0.2) is 0 Å². The van der Waals surface area contributed by atoms with Gasteiger partial charge in [-0.1, -0.05) is 47.5 Å². The van der Waals surface area contributed by atoms with Gasteiger partial charge < -0.3 is 10.2 Å². The second kappa shape index (κ2) is 9.14. The summed E-state index contributed by atoms with van der Waals surface area (Å²) in [5, 5.41) is 9.05. The molecule has 1 N–H and O–H groups in total. The van der Waals surface area contributed by atoms with E-state index in [9.17, 15) is 9.59 Å². The minimum Gasteiger partial charge on any atom is -0.332 e. The predicted molar refractivity (Wildman–Crippen MR) is 130 cm³/mol. The highest BCUT2D eigenvalue weighted by molar-refractivity contribution is 7.20. The first kappa shape index (κ1) is 22.0. The largest absolute Gasteiger partial charge is 0.332 e. The topological polar surface area (TPSA) is 67.2 Å². The summed E-state index contributed by atoms with van der Waals surface area (Å²) >= 11 is 7.68. The molecular formula is C24H23ClN4O2S. The predicted octanol–water partition coefficient (Wildman–Crippen LogP) is 5.13. The lowest BCUT2D eigenvalue weighted by molar-refractivity contribution is -0.116. The number of anilines is 1. The Morgan fingerprint density at radius 2 is 1.84 bits per heavy atom. The first-order valence-corrected chi connectivity index (χ1v) is 11.3. The Bertz CT molecular complexity index is 1290. The van der Waals surface area contributed by atoms with Crippen LogP contribution < -0.4 is 5.32 Å². The van der Waals surface area contributed by atoms with E-state index >= 15 is 0 Å². The van der Waals surface area contributed by atoms with Crippen molar-refractivity contribution in [3.63, 3.8) is 0 Å². The lowest BCUT2D eigenvalue weighted by Gasteiger charge is -2.16. The van der Waals surface area contributed by atoms with E-state index in [2.05, 4.69) is 10.4 Å². The van der Waals surface area contributed by atoms with Gasteiger partial charge in [0.25, 0.3) is 5.91 Å². The molecule has 2 aromatic carbocycles. The van der Waals surface area contributed by atoms with Crippen LogP contribution in [0.1, 0.15) is 26.5 Å². The van der Waals surface area contributed by atoms with Crippen molar-refractivity contribution in [3.8, 4) is 0 Å². The molecule has 0 aliphatic rings. The first-order chi connectivity index (χ1) is 15.3. The maximum atomic E-state index is 13.0. The average Bonchev–Trinajstić information content (AvgIpc) is 3.32. The van der Waals surface area contributed by atoms with Crippen LogP contribution in [0.2, 0.25) is 5.02 Å². The number of carbonyl (C=O) groups excluding carboxylic acids is 2. The molecule has 4 rings (SSSR count). The maximum Gasteiger partial charge on any atom is 0.264 e. The molecule has 0 unspecified atom stereocenters. The van der Waals surface area contributed by atoms with E-state index in [1.807, 2.05) is 73.1 Å². The molecule has 164 valence electrons. The molecule has 0 aliphatic heterocycles. The van der Waals surface area contributed by atoms with Crippen LogP contribution in [0, 0.1) is 13.8 Å². The van der Waals surface area contributed by atoms with Crippen LogP contribution in [0.5, 0.6) is 0 Å². The maximum absolute atomic E-state index is 13.0. The molecule has 0 saturated heterocycles. The number of nitrogens with zero attached hydrogens (tertiary/aromatic N) is 3. The Kier molecular flexibility index (Phi) is 6.30. The van der Waals surface area contributed by atoms with Gasteiger partial charge in [0.05, 0.1) is 23.7 Å². The van der Waals surface area contributed by atoms with Gasteiger partial charge in [0, 0.05) is 23.1 Å². The Balaban J connectivity index is 1.49. The van der Waals surface area contributed by atoms with Crippen molar-refractivity contribution in [3.05, 3.63) is 81.3 Å². The zero-order valence-corrected chi connectivity index (χ0v) is 19.6. The van der Waals surface area contributed by atoms with Crippen LogP contribution in [-0.4, -0.2) is 40.1 Å². The van der Waals surface area contributed by atoms with Crippen LogP contribution in [0.15, 0.2) is 54.6 Å². The van der Waals surface area contributed by atoms with Crippen molar-refractivity contribution in [2.75, 3.05) is 18.9 Å². The molecule has 2 heterocycles. The molecule has 0 radical (unpaired) electrons. The lowest BCUT2D eigenvalue weighted by Crippen LogP contribution is -2.34. The molecule has 0 aliphatic carbocycles. The molecule has 2 aromatic heterocycles. The van der Waals surface area contributed by atoms with Gasteiger partial charge >= 0.3 is 0 Å². The third-order valence-corrected chi connectivity index (χ3v) is 6.66. The minimum absolute atomic E-state index is 0.0360. The number of hydrogen-bond acceptors (Lipinski definition) is 4. The lowest BCUT2D eigenvalue weighted by atomic mass is 10.2. The van der Waals surface area contributed by atoms with Gasteiger partial charge in [-0.05, 0) is 43.7 Å². The van der Waals surface area contributed by atoms with Gasteiger partial charge in [-0.25, -0.2) is 0 Å². The molecule has 6 nitrogen and oxygen atoms in total. The van der Waals surface area contributed by atoms with E-state index in [0.29, 0.717) is 22.1 Å². The van der Waals surface area contributed by atoms with E-state index in [-0.39, 0.29) is 18.4 Å². The number of carbonyl (C=O) groups is 2. The SMILES string of the molecule is Cc1ccc(NC(=O)CN(C)C(=O)c2cc3c(C)nn(Cc4ccccc4Cl)c3s2)cc1. The van der Waals surface area contributed by atoms with Crippen LogP contribution >= 0.6 is 22.9 Å². The van der Waals surface area contributed by atoms with Gasteiger partial charge in [-0.15, -0.1) is 11.3 Å². The summed E-state index contributed by atoms with van der Waals surface area (Å²) in [5.74, 6) is -0.444. The van der Waals surface area contributed by atoms with Crippen LogP contribution in [0.3, 0.4) is 0 Å². The standard InChI is InChI=1S/C24H23ClN4O2S/c1-15-8-10-18(11-9-15)26-22(30)14-28(3)23(31)21-12-19-16(2)27-29(24(19)32-21)13-17-6-4-5-7-20(17)25/h4-12H,13-14H2,1-3H3,(H,26,30). The van der Waals surface area contributed by atoms with Crippen LogP contribution in [-0.2, 0) is 11.3 Å². The van der Waals surface area contributed by atoms with Gasteiger partial charge in [0.1, 0.15) is 4.83 Å². The zero-order chi connectivity index (χ0) is 22.8. The quantitative estimate of drug-likeness (QED) is 0.428. The number of amides is 2. The summed E-state index contributed by atoms with van der Waals surface area (Å²) in [6.07, 6.45) is 0. The summed E-state index contributed by atoms with van der Waals surface area (Å²) < 4.78 is 1.87.